The summed E-state index contributed by atoms with van der Waals surface area (Å²) in [6.07, 6.45) is 2.95. The maximum absolute atomic E-state index is 13.6. The van der Waals surface area contributed by atoms with Crippen molar-refractivity contribution < 1.29 is 9.13 Å². The number of nitrogens with zero attached hydrogens (tertiary/aromatic N) is 4. The lowest BCUT2D eigenvalue weighted by Crippen LogP contribution is -2.41. The summed E-state index contributed by atoms with van der Waals surface area (Å²) in [7, 11) is 0. The summed E-state index contributed by atoms with van der Waals surface area (Å²) >= 11 is 0. The summed E-state index contributed by atoms with van der Waals surface area (Å²) in [5.74, 6) is 0.340. The van der Waals surface area contributed by atoms with Gasteiger partial charge < -0.3 is 10.1 Å². The van der Waals surface area contributed by atoms with Crippen LogP contribution in [0.2, 0.25) is 0 Å². The lowest BCUT2D eigenvalue weighted by atomic mass is 10.0. The molecule has 1 unspecified atom stereocenters. The Morgan fingerprint density at radius 2 is 2.12 bits per heavy atom. The molecular formula is C17H18FN5O. The van der Waals surface area contributed by atoms with Crippen molar-refractivity contribution in [3.63, 3.8) is 0 Å². The molecule has 0 saturated carbocycles. The molecule has 3 rings (SSSR count). The number of halogens is 1. The molecule has 0 aliphatic carbocycles. The molecule has 2 aromatic rings. The first kappa shape index (κ1) is 16.3. The highest BCUT2D eigenvalue weighted by molar-refractivity contribution is 5.34. The molecule has 7 heteroatoms. The molecule has 0 spiro atoms. The van der Waals surface area contributed by atoms with Crippen LogP contribution < -0.4 is 5.32 Å². The number of nitriles is 1. The van der Waals surface area contributed by atoms with E-state index in [1.54, 1.807) is 12.1 Å². The van der Waals surface area contributed by atoms with Gasteiger partial charge in [-0.15, -0.1) is 0 Å². The Kier molecular flexibility index (Phi) is 5.31. The molecule has 24 heavy (non-hydrogen) atoms. The van der Waals surface area contributed by atoms with Crippen molar-refractivity contribution in [1.82, 2.24) is 14.9 Å². The smallest absolute Gasteiger partial charge is 0.158 e. The SMILES string of the molecule is N#Cc1cnc(NCC(c2cccc(F)c2)N2CCOCC2)cn1. The van der Waals surface area contributed by atoms with Gasteiger partial charge in [-0.05, 0) is 17.7 Å². The van der Waals surface area contributed by atoms with Crippen LogP contribution in [0.15, 0.2) is 36.7 Å². The van der Waals surface area contributed by atoms with Crippen molar-refractivity contribution in [2.45, 2.75) is 6.04 Å². The van der Waals surface area contributed by atoms with Crippen LogP contribution in [0.5, 0.6) is 0 Å². The van der Waals surface area contributed by atoms with E-state index >= 15 is 0 Å². The van der Waals surface area contributed by atoms with Gasteiger partial charge in [-0.3, -0.25) is 4.90 Å². The van der Waals surface area contributed by atoms with Gasteiger partial charge in [0.25, 0.3) is 0 Å². The van der Waals surface area contributed by atoms with Crippen molar-refractivity contribution in [2.24, 2.45) is 0 Å². The average Bonchev–Trinajstić information content (AvgIpc) is 2.63. The van der Waals surface area contributed by atoms with Crippen molar-refractivity contribution in [3.05, 3.63) is 53.7 Å². The lowest BCUT2D eigenvalue weighted by Gasteiger charge is -2.35. The number of hydrogen-bond acceptors (Lipinski definition) is 6. The Labute approximate surface area is 139 Å². The summed E-state index contributed by atoms with van der Waals surface area (Å²) in [6.45, 7) is 3.48. The van der Waals surface area contributed by atoms with E-state index in [1.165, 1.54) is 18.5 Å². The molecule has 1 atom stereocenters. The monoisotopic (exact) mass is 327 g/mol. The van der Waals surface area contributed by atoms with Gasteiger partial charge in [0.05, 0.1) is 31.6 Å². The molecule has 0 bridgehead atoms. The van der Waals surface area contributed by atoms with Crippen LogP contribution in [-0.4, -0.2) is 47.7 Å². The van der Waals surface area contributed by atoms with Crippen LogP contribution in [0.25, 0.3) is 0 Å². The largest absolute Gasteiger partial charge is 0.379 e. The summed E-state index contributed by atoms with van der Waals surface area (Å²) in [5.41, 5.74) is 1.18. The molecule has 0 radical (unpaired) electrons. The van der Waals surface area contributed by atoms with Gasteiger partial charge in [-0.2, -0.15) is 5.26 Å². The zero-order chi connectivity index (χ0) is 16.8. The second-order valence-corrected chi connectivity index (χ2v) is 5.50. The summed E-state index contributed by atoms with van der Waals surface area (Å²) in [4.78, 5) is 10.4. The van der Waals surface area contributed by atoms with Gasteiger partial charge in [-0.1, -0.05) is 12.1 Å². The molecule has 1 aromatic heterocycles. The first-order chi connectivity index (χ1) is 11.8. The fourth-order valence-corrected chi connectivity index (χ4v) is 2.74. The number of rotatable bonds is 5. The highest BCUT2D eigenvalue weighted by Gasteiger charge is 2.23. The van der Waals surface area contributed by atoms with E-state index in [9.17, 15) is 4.39 Å². The maximum Gasteiger partial charge on any atom is 0.158 e. The molecule has 1 aliphatic heterocycles. The molecule has 6 nitrogen and oxygen atoms in total. The molecule has 0 amide bonds. The molecule has 1 N–H and O–H groups in total. The predicted octanol–water partition coefficient (Wildman–Crippen LogP) is 1.97. The van der Waals surface area contributed by atoms with Gasteiger partial charge in [0, 0.05) is 19.6 Å². The standard InChI is InChI=1S/C17H18FN5O/c18-14-3-1-2-13(8-14)16(23-4-6-24-7-5-23)11-22-17-12-20-15(9-19)10-21-17/h1-3,8,10,12,16H,4-7,11H2,(H,21,22). The minimum atomic E-state index is -0.246. The lowest BCUT2D eigenvalue weighted by molar-refractivity contribution is 0.0186. The van der Waals surface area contributed by atoms with Crippen LogP contribution in [0, 0.1) is 17.1 Å². The highest BCUT2D eigenvalue weighted by atomic mass is 19.1. The Morgan fingerprint density at radius 3 is 2.79 bits per heavy atom. The number of aromatic nitrogens is 2. The maximum atomic E-state index is 13.6. The van der Waals surface area contributed by atoms with Crippen molar-refractivity contribution in [1.29, 1.82) is 5.26 Å². The zero-order valence-corrected chi connectivity index (χ0v) is 13.2. The van der Waals surface area contributed by atoms with Gasteiger partial charge in [0.2, 0.25) is 0 Å². The first-order valence-electron chi connectivity index (χ1n) is 7.79. The second-order valence-electron chi connectivity index (χ2n) is 5.50. The molecule has 1 aliphatic rings. The number of ether oxygens (including phenoxy) is 1. The van der Waals surface area contributed by atoms with E-state index in [-0.39, 0.29) is 17.6 Å². The zero-order valence-electron chi connectivity index (χ0n) is 13.2. The van der Waals surface area contributed by atoms with Crippen LogP contribution in [0.1, 0.15) is 17.3 Å². The Hall–Kier alpha value is -2.56. The van der Waals surface area contributed by atoms with Gasteiger partial charge >= 0.3 is 0 Å². The minimum Gasteiger partial charge on any atom is -0.379 e. The van der Waals surface area contributed by atoms with Crippen molar-refractivity contribution in [3.8, 4) is 6.07 Å². The number of morpholine rings is 1. The predicted molar refractivity (Wildman–Crippen MR) is 86.8 cm³/mol. The number of anilines is 1. The molecule has 1 aromatic carbocycles. The van der Waals surface area contributed by atoms with E-state index in [2.05, 4.69) is 20.2 Å². The molecular weight excluding hydrogens is 309 g/mol. The Bertz CT molecular complexity index is 710. The van der Waals surface area contributed by atoms with E-state index in [4.69, 9.17) is 10.00 Å². The summed E-state index contributed by atoms with van der Waals surface area (Å²) < 4.78 is 19.0. The minimum absolute atomic E-state index is 0.00189. The third kappa shape index (κ3) is 4.04. The van der Waals surface area contributed by atoms with Crippen LogP contribution in [0.3, 0.4) is 0 Å². The van der Waals surface area contributed by atoms with Crippen LogP contribution in [-0.2, 0) is 4.74 Å². The summed E-state index contributed by atoms with van der Waals surface area (Å²) in [6, 6.07) is 8.59. The quantitative estimate of drug-likeness (QED) is 0.905. The van der Waals surface area contributed by atoms with Gasteiger partial charge in [-0.25, -0.2) is 14.4 Å². The highest BCUT2D eigenvalue weighted by Crippen LogP contribution is 2.23. The van der Waals surface area contributed by atoms with Gasteiger partial charge in [0.15, 0.2) is 5.69 Å². The van der Waals surface area contributed by atoms with E-state index in [1.807, 2.05) is 12.1 Å². The molecule has 2 heterocycles. The third-order valence-corrected chi connectivity index (χ3v) is 3.96. The van der Waals surface area contributed by atoms with Crippen molar-refractivity contribution in [2.75, 3.05) is 38.2 Å². The number of benzene rings is 1. The van der Waals surface area contributed by atoms with Gasteiger partial charge in [0.1, 0.15) is 17.7 Å². The number of nitrogens with one attached hydrogen (secondary N) is 1. The molecule has 124 valence electrons. The van der Waals surface area contributed by atoms with E-state index in [0.29, 0.717) is 25.6 Å². The van der Waals surface area contributed by atoms with E-state index < -0.39 is 0 Å². The fourth-order valence-electron chi connectivity index (χ4n) is 2.74. The Balaban J connectivity index is 1.75. The van der Waals surface area contributed by atoms with Crippen LogP contribution in [0.4, 0.5) is 10.2 Å². The average molecular weight is 327 g/mol. The Morgan fingerprint density at radius 1 is 1.29 bits per heavy atom. The summed E-state index contributed by atoms with van der Waals surface area (Å²) in [5, 5.41) is 12.0. The fraction of sp³-hybridized carbons (Fsp3) is 0.353. The second kappa shape index (κ2) is 7.81. The van der Waals surface area contributed by atoms with Crippen molar-refractivity contribution >= 4 is 5.82 Å². The van der Waals surface area contributed by atoms with E-state index in [0.717, 1.165) is 18.7 Å². The molecule has 1 saturated heterocycles. The third-order valence-electron chi connectivity index (χ3n) is 3.96. The topological polar surface area (TPSA) is 74.1 Å². The number of hydrogen-bond donors (Lipinski definition) is 1. The normalized spacial score (nSPS) is 16.3. The molecule has 1 fully saturated rings. The first-order valence-corrected chi connectivity index (χ1v) is 7.79. The van der Waals surface area contributed by atoms with Crippen LogP contribution >= 0.6 is 0 Å².